The molecule has 2 N–H and O–H groups in total. The van der Waals surface area contributed by atoms with Gasteiger partial charge in [-0.3, -0.25) is 4.79 Å². The number of benzene rings is 2. The molecule has 148 valence electrons. The first-order valence-electron chi connectivity index (χ1n) is 8.83. The van der Waals surface area contributed by atoms with Gasteiger partial charge in [0.05, 0.1) is 0 Å². The highest BCUT2D eigenvalue weighted by atomic mass is 32.2. The topological polar surface area (TPSA) is 75.3 Å². The Balaban J connectivity index is 1.70. The number of rotatable bonds is 7. The van der Waals surface area contributed by atoms with Gasteiger partial charge in [0.15, 0.2) is 0 Å². The molecule has 2 aromatic carbocycles. The third kappa shape index (κ3) is 4.57. The Morgan fingerprint density at radius 3 is 2.68 bits per heavy atom. The maximum atomic E-state index is 14.0. The van der Waals surface area contributed by atoms with Crippen molar-refractivity contribution in [1.82, 2.24) is 10.0 Å². The minimum atomic E-state index is -4.03. The molecule has 28 heavy (non-hydrogen) atoms. The summed E-state index contributed by atoms with van der Waals surface area (Å²) in [5, 5.41) is 6.00. The summed E-state index contributed by atoms with van der Waals surface area (Å²) in [5.74, 6) is -1.34. The zero-order chi connectivity index (χ0) is 20.3. The van der Waals surface area contributed by atoms with E-state index < -0.39 is 26.6 Å². The van der Waals surface area contributed by atoms with E-state index in [0.29, 0.717) is 13.0 Å². The lowest BCUT2D eigenvalue weighted by Gasteiger charge is -2.12. The summed E-state index contributed by atoms with van der Waals surface area (Å²) in [6.45, 7) is 3.67. The molecule has 0 atom stereocenters. The molecule has 0 unspecified atom stereocenters. The largest absolute Gasteiger partial charge is 0.352 e. The molecule has 1 heterocycles. The van der Waals surface area contributed by atoms with Gasteiger partial charge in [0.1, 0.15) is 10.7 Å². The Bertz CT molecular complexity index is 1110. The highest BCUT2D eigenvalue weighted by molar-refractivity contribution is 7.89. The molecule has 0 saturated heterocycles. The number of hydrogen-bond donors (Lipinski definition) is 2. The van der Waals surface area contributed by atoms with Crippen LogP contribution in [-0.4, -0.2) is 26.9 Å². The molecule has 1 amide bonds. The smallest absolute Gasteiger partial charge is 0.251 e. The van der Waals surface area contributed by atoms with E-state index in [-0.39, 0.29) is 11.6 Å². The van der Waals surface area contributed by atoms with Gasteiger partial charge in [-0.1, -0.05) is 18.2 Å². The van der Waals surface area contributed by atoms with Crippen LogP contribution in [0.4, 0.5) is 4.39 Å². The van der Waals surface area contributed by atoms with Crippen LogP contribution in [0.3, 0.4) is 0 Å². The molecule has 0 fully saturated rings. The predicted octanol–water partition coefficient (Wildman–Crippen LogP) is 3.70. The zero-order valence-corrected chi connectivity index (χ0v) is 17.2. The second kappa shape index (κ2) is 8.38. The van der Waals surface area contributed by atoms with Gasteiger partial charge < -0.3 is 5.32 Å². The summed E-state index contributed by atoms with van der Waals surface area (Å²) >= 11 is 1.65. The van der Waals surface area contributed by atoms with Gasteiger partial charge in [0, 0.05) is 22.8 Å². The summed E-state index contributed by atoms with van der Waals surface area (Å²) in [5.41, 5.74) is 1.24. The summed E-state index contributed by atoms with van der Waals surface area (Å²) in [7, 11) is -4.03. The van der Waals surface area contributed by atoms with Gasteiger partial charge in [-0.15, -0.1) is 11.3 Å². The number of hydrogen-bond acceptors (Lipinski definition) is 4. The van der Waals surface area contributed by atoms with Gasteiger partial charge in [-0.2, -0.15) is 0 Å². The first-order chi connectivity index (χ1) is 13.3. The summed E-state index contributed by atoms with van der Waals surface area (Å²) in [6, 6.07) is 11.0. The fourth-order valence-electron chi connectivity index (χ4n) is 2.86. The Kier molecular flexibility index (Phi) is 6.12. The van der Waals surface area contributed by atoms with Crippen molar-refractivity contribution in [3.8, 4) is 0 Å². The Labute approximate surface area is 167 Å². The average molecular weight is 421 g/mol. The van der Waals surface area contributed by atoms with E-state index in [9.17, 15) is 17.6 Å². The number of sulfonamides is 1. The molecule has 3 rings (SSSR count). The van der Waals surface area contributed by atoms with Gasteiger partial charge >= 0.3 is 0 Å². The predicted molar refractivity (Wildman–Crippen MR) is 110 cm³/mol. The average Bonchev–Trinajstić information content (AvgIpc) is 3.04. The van der Waals surface area contributed by atoms with Crippen LogP contribution in [0.2, 0.25) is 0 Å². The van der Waals surface area contributed by atoms with E-state index >= 15 is 0 Å². The van der Waals surface area contributed by atoms with Crippen LogP contribution in [-0.2, 0) is 16.4 Å². The molecular weight excluding hydrogens is 399 g/mol. The number of carbonyl (C=O) groups excluding carboxylic acids is 1. The standard InChI is InChI=1S/C20H21FN2O3S2/c1-13(2)23-28(25,26)19-11-14(7-8-17(19)21)20(24)22-10-9-15-12-27-18-6-4-3-5-16(15)18/h3-8,11-13,23H,9-10H2,1-2H3,(H,22,24). The van der Waals surface area contributed by atoms with Crippen molar-refractivity contribution in [2.45, 2.75) is 31.2 Å². The van der Waals surface area contributed by atoms with E-state index in [0.717, 1.165) is 23.1 Å². The minimum Gasteiger partial charge on any atom is -0.352 e. The maximum absolute atomic E-state index is 14.0. The van der Waals surface area contributed by atoms with E-state index in [4.69, 9.17) is 0 Å². The molecular formula is C20H21FN2O3S2. The molecule has 3 aromatic rings. The fourth-order valence-corrected chi connectivity index (χ4v) is 5.22. The Morgan fingerprint density at radius 1 is 1.18 bits per heavy atom. The van der Waals surface area contributed by atoms with Crippen LogP contribution in [0.15, 0.2) is 52.7 Å². The normalized spacial score (nSPS) is 11.9. The SMILES string of the molecule is CC(C)NS(=O)(=O)c1cc(C(=O)NCCc2csc3ccccc23)ccc1F. The molecule has 0 aliphatic rings. The zero-order valence-electron chi connectivity index (χ0n) is 15.5. The number of carbonyl (C=O) groups is 1. The van der Waals surface area contributed by atoms with Crippen molar-refractivity contribution in [3.63, 3.8) is 0 Å². The number of nitrogens with one attached hydrogen (secondary N) is 2. The summed E-state index contributed by atoms with van der Waals surface area (Å²) < 4.78 is 42.0. The highest BCUT2D eigenvalue weighted by Gasteiger charge is 2.22. The van der Waals surface area contributed by atoms with Crippen LogP contribution in [0, 0.1) is 5.82 Å². The molecule has 0 spiro atoms. The monoisotopic (exact) mass is 420 g/mol. The van der Waals surface area contributed by atoms with Crippen molar-refractivity contribution < 1.29 is 17.6 Å². The fraction of sp³-hybridized carbons (Fsp3) is 0.250. The second-order valence-corrected chi connectivity index (χ2v) is 9.28. The number of halogens is 1. The number of thiophene rings is 1. The summed E-state index contributed by atoms with van der Waals surface area (Å²) in [4.78, 5) is 11.9. The van der Waals surface area contributed by atoms with E-state index in [1.165, 1.54) is 10.8 Å². The first kappa shape index (κ1) is 20.4. The molecule has 5 nitrogen and oxygen atoms in total. The quantitative estimate of drug-likeness (QED) is 0.612. The van der Waals surface area contributed by atoms with Gasteiger partial charge in [-0.05, 0) is 60.9 Å². The lowest BCUT2D eigenvalue weighted by molar-refractivity contribution is 0.0954. The molecule has 8 heteroatoms. The van der Waals surface area contributed by atoms with Crippen LogP contribution >= 0.6 is 11.3 Å². The van der Waals surface area contributed by atoms with Crippen LogP contribution in [0.1, 0.15) is 29.8 Å². The van der Waals surface area contributed by atoms with Crippen molar-refractivity contribution in [3.05, 3.63) is 64.8 Å². The van der Waals surface area contributed by atoms with E-state index in [1.54, 1.807) is 25.2 Å². The van der Waals surface area contributed by atoms with Crippen LogP contribution < -0.4 is 10.0 Å². The lowest BCUT2D eigenvalue weighted by atomic mass is 10.1. The van der Waals surface area contributed by atoms with Crippen molar-refractivity contribution in [2.75, 3.05) is 6.54 Å². The Morgan fingerprint density at radius 2 is 1.93 bits per heavy atom. The van der Waals surface area contributed by atoms with Crippen molar-refractivity contribution in [2.24, 2.45) is 0 Å². The van der Waals surface area contributed by atoms with Crippen molar-refractivity contribution in [1.29, 1.82) is 0 Å². The molecule has 0 bridgehead atoms. The first-order valence-corrected chi connectivity index (χ1v) is 11.2. The van der Waals surface area contributed by atoms with E-state index in [1.807, 2.05) is 24.3 Å². The van der Waals surface area contributed by atoms with Crippen LogP contribution in [0.5, 0.6) is 0 Å². The van der Waals surface area contributed by atoms with Crippen LogP contribution in [0.25, 0.3) is 10.1 Å². The molecule has 0 aliphatic heterocycles. The van der Waals surface area contributed by atoms with Gasteiger partial charge in [-0.25, -0.2) is 17.5 Å². The van der Waals surface area contributed by atoms with Gasteiger partial charge in [0.25, 0.3) is 5.91 Å². The van der Waals surface area contributed by atoms with E-state index in [2.05, 4.69) is 15.4 Å². The second-order valence-electron chi connectivity index (χ2n) is 6.68. The minimum absolute atomic E-state index is 0.0979. The molecule has 0 saturated carbocycles. The third-order valence-corrected chi connectivity index (χ3v) is 6.80. The van der Waals surface area contributed by atoms with Gasteiger partial charge in [0.2, 0.25) is 10.0 Å². The van der Waals surface area contributed by atoms with Crippen molar-refractivity contribution >= 4 is 37.4 Å². The third-order valence-electron chi connectivity index (χ3n) is 4.11. The number of amides is 1. The highest BCUT2D eigenvalue weighted by Crippen LogP contribution is 2.25. The summed E-state index contributed by atoms with van der Waals surface area (Å²) in [6.07, 6.45) is 0.650. The lowest BCUT2D eigenvalue weighted by Crippen LogP contribution is -2.31. The number of fused-ring (bicyclic) bond motifs is 1. The Hall–Kier alpha value is -2.29. The maximum Gasteiger partial charge on any atom is 0.251 e. The molecule has 1 aromatic heterocycles. The molecule has 0 aliphatic carbocycles. The molecule has 0 radical (unpaired) electrons.